The van der Waals surface area contributed by atoms with Gasteiger partial charge in [-0.2, -0.15) is 11.8 Å². The van der Waals surface area contributed by atoms with Crippen LogP contribution < -0.4 is 5.32 Å². The molecule has 0 saturated heterocycles. The first kappa shape index (κ1) is 36.9. The Hall–Kier alpha value is -1.08. The molecule has 0 aliphatic rings. The van der Waals surface area contributed by atoms with Crippen LogP contribution in [-0.2, 0) is 19.1 Å². The highest BCUT2D eigenvalue weighted by Crippen LogP contribution is 2.14. The van der Waals surface area contributed by atoms with E-state index in [2.05, 4.69) is 12.2 Å². The number of nitrogens with one attached hydrogen (secondary N) is 1. The molecule has 6 nitrogen and oxygen atoms in total. The van der Waals surface area contributed by atoms with Crippen molar-refractivity contribution in [3.63, 3.8) is 0 Å². The zero-order chi connectivity index (χ0) is 28.4. The molecule has 0 heterocycles. The Labute approximate surface area is 238 Å². The van der Waals surface area contributed by atoms with Crippen LogP contribution in [0.25, 0.3) is 0 Å². The number of aliphatic hydroxyl groups excluding tert-OH is 1. The van der Waals surface area contributed by atoms with Gasteiger partial charge in [-0.05, 0) is 24.5 Å². The fourth-order valence-corrected chi connectivity index (χ4v) is 5.32. The summed E-state index contributed by atoms with van der Waals surface area (Å²) in [5.41, 5.74) is 0. The number of unbranched alkanes of at least 4 members (excludes halogenated alkanes) is 13. The van der Waals surface area contributed by atoms with Gasteiger partial charge in [0.25, 0.3) is 0 Å². The summed E-state index contributed by atoms with van der Waals surface area (Å²) in [6.45, 7) is 8.09. The van der Waals surface area contributed by atoms with E-state index >= 15 is 0 Å². The molecule has 38 heavy (non-hydrogen) atoms. The fourth-order valence-electron chi connectivity index (χ4n) is 4.30. The van der Waals surface area contributed by atoms with Crippen molar-refractivity contribution in [1.82, 2.24) is 5.32 Å². The highest BCUT2D eigenvalue weighted by Gasteiger charge is 2.23. The van der Waals surface area contributed by atoms with Gasteiger partial charge in [-0.25, -0.2) is 0 Å². The molecule has 1 amide bonds. The number of Topliss-reactive ketones (excluding diaryl/α,β-unsaturated/α-hetero) is 1. The first-order valence-electron chi connectivity index (χ1n) is 15.5. The second-order valence-corrected chi connectivity index (χ2v) is 12.4. The molecular weight excluding hydrogens is 498 g/mol. The largest absolute Gasteiger partial charge is 0.466 e. The third-order valence-electron chi connectivity index (χ3n) is 6.74. The second-order valence-electron chi connectivity index (χ2n) is 11.2. The Balaban J connectivity index is 3.58. The molecular formula is C31H59NO5S. The van der Waals surface area contributed by atoms with Crippen LogP contribution in [-0.4, -0.2) is 53.5 Å². The Bertz CT molecular complexity index is 599. The Morgan fingerprint density at radius 3 is 1.82 bits per heavy atom. The smallest absolute Gasteiger partial charge is 0.305 e. The summed E-state index contributed by atoms with van der Waals surface area (Å²) in [6.07, 6.45) is 19.8. The minimum absolute atomic E-state index is 0.136. The average molecular weight is 558 g/mol. The fraction of sp³-hybridized carbons (Fsp3) is 0.903. The molecule has 0 fully saturated rings. The Morgan fingerprint density at radius 1 is 0.789 bits per heavy atom. The number of thioether (sulfide) groups is 1. The van der Waals surface area contributed by atoms with Gasteiger partial charge in [0.05, 0.1) is 13.2 Å². The van der Waals surface area contributed by atoms with Crippen LogP contribution in [0.5, 0.6) is 0 Å². The number of amides is 1. The number of esters is 1. The van der Waals surface area contributed by atoms with Gasteiger partial charge in [-0.15, -0.1) is 0 Å². The molecule has 2 N–H and O–H groups in total. The quantitative estimate of drug-likeness (QED) is 0.0816. The summed E-state index contributed by atoms with van der Waals surface area (Å²) in [5.74, 6) is 0.808. The lowest BCUT2D eigenvalue weighted by atomic mass is 10.0. The number of hydrogen-bond acceptors (Lipinski definition) is 6. The van der Waals surface area contributed by atoms with Crippen LogP contribution in [0.2, 0.25) is 0 Å². The van der Waals surface area contributed by atoms with Gasteiger partial charge in [0.15, 0.2) is 5.78 Å². The summed E-state index contributed by atoms with van der Waals surface area (Å²) in [5, 5.41) is 12.1. The van der Waals surface area contributed by atoms with E-state index in [1.165, 1.54) is 77.0 Å². The topological polar surface area (TPSA) is 92.7 Å². The summed E-state index contributed by atoms with van der Waals surface area (Å²) >= 11 is 1.62. The minimum atomic E-state index is -0.827. The van der Waals surface area contributed by atoms with Crippen molar-refractivity contribution >= 4 is 29.4 Å². The van der Waals surface area contributed by atoms with Crippen LogP contribution in [0.4, 0.5) is 0 Å². The highest BCUT2D eigenvalue weighted by molar-refractivity contribution is 7.99. The van der Waals surface area contributed by atoms with Crippen molar-refractivity contribution in [2.75, 3.05) is 24.7 Å². The van der Waals surface area contributed by atoms with Gasteiger partial charge in [0, 0.05) is 24.5 Å². The van der Waals surface area contributed by atoms with Gasteiger partial charge in [-0.1, -0.05) is 111 Å². The number of ketones is 1. The molecule has 0 unspecified atom stereocenters. The third kappa shape index (κ3) is 22.9. The molecule has 0 aliphatic carbocycles. The maximum absolute atomic E-state index is 12.3. The summed E-state index contributed by atoms with van der Waals surface area (Å²) < 4.78 is 5.35. The molecule has 0 aromatic carbocycles. The SMILES string of the molecule is CCCCCCCCCCCCCCCCOC(=O)CCCSC[C@H](C)C(=O)N[C@@H](CO)C(=O)CC(C)C. The van der Waals surface area contributed by atoms with Crippen molar-refractivity contribution < 1.29 is 24.2 Å². The van der Waals surface area contributed by atoms with Crippen molar-refractivity contribution in [1.29, 1.82) is 0 Å². The van der Waals surface area contributed by atoms with E-state index in [1.54, 1.807) is 11.8 Å². The summed E-state index contributed by atoms with van der Waals surface area (Å²) in [7, 11) is 0. The van der Waals surface area contributed by atoms with Gasteiger partial charge >= 0.3 is 5.97 Å². The molecule has 0 radical (unpaired) electrons. The minimum Gasteiger partial charge on any atom is -0.466 e. The van der Waals surface area contributed by atoms with Gasteiger partial charge in [0.1, 0.15) is 6.04 Å². The lowest BCUT2D eigenvalue weighted by molar-refractivity contribution is -0.143. The van der Waals surface area contributed by atoms with E-state index in [0.717, 1.165) is 25.0 Å². The molecule has 0 aliphatic heterocycles. The second kappa shape index (κ2) is 26.2. The number of rotatable bonds is 27. The predicted octanol–water partition coefficient (Wildman–Crippen LogP) is 7.25. The van der Waals surface area contributed by atoms with E-state index in [4.69, 9.17) is 4.74 Å². The third-order valence-corrected chi connectivity index (χ3v) is 8.06. The molecule has 0 spiro atoms. The monoisotopic (exact) mass is 557 g/mol. The normalized spacial score (nSPS) is 12.9. The van der Waals surface area contributed by atoms with E-state index in [0.29, 0.717) is 25.2 Å². The van der Waals surface area contributed by atoms with Gasteiger partial charge in [0.2, 0.25) is 5.91 Å². The number of carbonyl (C=O) groups is 3. The molecule has 0 aromatic heterocycles. The molecule has 7 heteroatoms. The summed E-state index contributed by atoms with van der Waals surface area (Å²) in [6, 6.07) is -0.827. The molecule has 2 atom stereocenters. The zero-order valence-corrected chi connectivity index (χ0v) is 25.9. The average Bonchev–Trinajstić information content (AvgIpc) is 2.88. The number of aliphatic hydroxyl groups is 1. The maximum atomic E-state index is 12.3. The van der Waals surface area contributed by atoms with Gasteiger partial charge in [-0.3, -0.25) is 14.4 Å². The van der Waals surface area contributed by atoms with E-state index < -0.39 is 6.04 Å². The highest BCUT2D eigenvalue weighted by atomic mass is 32.2. The van der Waals surface area contributed by atoms with Crippen LogP contribution in [0.15, 0.2) is 0 Å². The molecule has 0 aromatic rings. The van der Waals surface area contributed by atoms with Crippen LogP contribution in [0, 0.1) is 11.8 Å². The lowest BCUT2D eigenvalue weighted by Crippen LogP contribution is -2.46. The predicted molar refractivity (Wildman–Crippen MR) is 160 cm³/mol. The first-order chi connectivity index (χ1) is 18.3. The Morgan fingerprint density at radius 2 is 1.32 bits per heavy atom. The van der Waals surface area contributed by atoms with Crippen LogP contribution >= 0.6 is 11.8 Å². The van der Waals surface area contributed by atoms with Crippen LogP contribution in [0.1, 0.15) is 137 Å². The standard InChI is InChI=1S/C31H59NO5S/c1-5-6-7-8-9-10-11-12-13-14-15-16-17-18-21-37-30(35)20-19-22-38-25-27(4)31(36)32-28(24-33)29(34)23-26(2)3/h26-28,33H,5-25H2,1-4H3,(H,32,36)/t27-,28-/m0/s1. The van der Waals surface area contributed by atoms with Gasteiger partial charge < -0.3 is 15.2 Å². The van der Waals surface area contributed by atoms with Crippen molar-refractivity contribution in [2.45, 2.75) is 143 Å². The molecule has 0 rings (SSSR count). The van der Waals surface area contributed by atoms with E-state index in [1.807, 2.05) is 20.8 Å². The molecule has 224 valence electrons. The first-order valence-corrected chi connectivity index (χ1v) is 16.6. The maximum Gasteiger partial charge on any atom is 0.305 e. The lowest BCUT2D eigenvalue weighted by Gasteiger charge is -2.19. The van der Waals surface area contributed by atoms with E-state index in [9.17, 15) is 19.5 Å². The van der Waals surface area contributed by atoms with Crippen molar-refractivity contribution in [3.05, 3.63) is 0 Å². The number of ether oxygens (including phenoxy) is 1. The van der Waals surface area contributed by atoms with Crippen LogP contribution in [0.3, 0.4) is 0 Å². The van der Waals surface area contributed by atoms with E-state index in [-0.39, 0.29) is 36.1 Å². The Kier molecular flexibility index (Phi) is 25.4. The molecule has 0 saturated carbocycles. The van der Waals surface area contributed by atoms with Crippen molar-refractivity contribution in [3.8, 4) is 0 Å². The summed E-state index contributed by atoms with van der Waals surface area (Å²) in [4.78, 5) is 36.4. The molecule has 0 bridgehead atoms. The van der Waals surface area contributed by atoms with Crippen molar-refractivity contribution in [2.24, 2.45) is 11.8 Å². The zero-order valence-electron chi connectivity index (χ0n) is 25.1. The number of hydrogen-bond donors (Lipinski definition) is 2. The number of carbonyl (C=O) groups excluding carboxylic acids is 3.